The third-order valence-electron chi connectivity index (χ3n) is 4.83. The molecule has 7 heteroatoms. The molecule has 0 spiro atoms. The van der Waals surface area contributed by atoms with Gasteiger partial charge in [0.1, 0.15) is 5.75 Å². The standard InChI is InChI=1S/C21H25BrN2O4/c1-15-5-2-3-6-17(15)27-14-4-7-20(25)23-16-10-12-24(13-11-16)21(26)18-8-9-19(22)28-18/h2-3,5-6,8-9,16H,4,7,10-14H2,1H3,(H,23,25). The van der Waals surface area contributed by atoms with E-state index in [1.54, 1.807) is 17.0 Å². The number of benzene rings is 1. The van der Waals surface area contributed by atoms with E-state index in [0.29, 0.717) is 43.0 Å². The van der Waals surface area contributed by atoms with Gasteiger partial charge in [0.05, 0.1) is 6.61 Å². The predicted molar refractivity (Wildman–Crippen MR) is 109 cm³/mol. The molecule has 1 N–H and O–H groups in total. The van der Waals surface area contributed by atoms with Gasteiger partial charge in [0, 0.05) is 25.6 Å². The molecule has 0 bridgehead atoms. The second-order valence-corrected chi connectivity index (χ2v) is 7.74. The van der Waals surface area contributed by atoms with Gasteiger partial charge in [0.25, 0.3) is 5.91 Å². The number of aryl methyl sites for hydroxylation is 1. The van der Waals surface area contributed by atoms with Gasteiger partial charge in [0.2, 0.25) is 5.91 Å². The predicted octanol–water partition coefficient (Wildman–Crippen LogP) is 3.93. The fraction of sp³-hybridized carbons (Fsp3) is 0.429. The van der Waals surface area contributed by atoms with E-state index in [4.69, 9.17) is 9.15 Å². The minimum atomic E-state index is -0.108. The van der Waals surface area contributed by atoms with Crippen molar-refractivity contribution in [1.29, 1.82) is 0 Å². The van der Waals surface area contributed by atoms with E-state index in [1.165, 1.54) is 0 Å². The molecule has 0 atom stereocenters. The normalized spacial score (nSPS) is 14.7. The lowest BCUT2D eigenvalue weighted by Gasteiger charge is -2.31. The number of amides is 2. The number of piperidine rings is 1. The van der Waals surface area contributed by atoms with Crippen molar-refractivity contribution in [3.05, 3.63) is 52.4 Å². The average molecular weight is 449 g/mol. The zero-order chi connectivity index (χ0) is 19.9. The summed E-state index contributed by atoms with van der Waals surface area (Å²) in [6, 6.07) is 11.3. The summed E-state index contributed by atoms with van der Waals surface area (Å²) in [6.07, 6.45) is 2.61. The smallest absolute Gasteiger partial charge is 0.289 e. The summed E-state index contributed by atoms with van der Waals surface area (Å²) in [5.74, 6) is 1.13. The molecule has 2 amide bonds. The Balaban J connectivity index is 1.33. The van der Waals surface area contributed by atoms with Crippen LogP contribution in [-0.4, -0.2) is 42.5 Å². The molecule has 1 aromatic heterocycles. The van der Waals surface area contributed by atoms with Gasteiger partial charge in [-0.3, -0.25) is 9.59 Å². The average Bonchev–Trinajstić information content (AvgIpc) is 3.13. The minimum Gasteiger partial charge on any atom is -0.493 e. The van der Waals surface area contributed by atoms with Crippen LogP contribution in [0.2, 0.25) is 0 Å². The Hall–Kier alpha value is -2.28. The van der Waals surface area contributed by atoms with Gasteiger partial charge < -0.3 is 19.4 Å². The van der Waals surface area contributed by atoms with Crippen LogP contribution in [0.5, 0.6) is 5.75 Å². The molecule has 150 valence electrons. The molecule has 2 heterocycles. The summed E-state index contributed by atoms with van der Waals surface area (Å²) in [6.45, 7) is 3.74. The molecule has 0 saturated carbocycles. The number of halogens is 1. The lowest BCUT2D eigenvalue weighted by atomic mass is 10.0. The van der Waals surface area contributed by atoms with Crippen LogP contribution in [0.1, 0.15) is 41.8 Å². The third kappa shape index (κ3) is 5.61. The van der Waals surface area contributed by atoms with Crippen molar-refractivity contribution in [3.8, 4) is 5.75 Å². The zero-order valence-corrected chi connectivity index (χ0v) is 17.5. The highest BCUT2D eigenvalue weighted by Crippen LogP contribution is 2.19. The summed E-state index contributed by atoms with van der Waals surface area (Å²) < 4.78 is 11.6. The van der Waals surface area contributed by atoms with Crippen LogP contribution >= 0.6 is 15.9 Å². The van der Waals surface area contributed by atoms with Crippen molar-refractivity contribution in [2.75, 3.05) is 19.7 Å². The molecule has 28 heavy (non-hydrogen) atoms. The van der Waals surface area contributed by atoms with Crippen molar-refractivity contribution in [2.24, 2.45) is 0 Å². The van der Waals surface area contributed by atoms with Crippen molar-refractivity contribution in [1.82, 2.24) is 10.2 Å². The molecule has 1 aromatic carbocycles. The van der Waals surface area contributed by atoms with Crippen LogP contribution in [0.3, 0.4) is 0 Å². The number of rotatable bonds is 7. The summed E-state index contributed by atoms with van der Waals surface area (Å²) in [5, 5.41) is 3.07. The van der Waals surface area contributed by atoms with Gasteiger partial charge in [-0.2, -0.15) is 0 Å². The number of nitrogens with one attached hydrogen (secondary N) is 1. The Kier molecular flexibility index (Phi) is 7.14. The molecule has 2 aromatic rings. The van der Waals surface area contributed by atoms with Crippen molar-refractivity contribution in [2.45, 2.75) is 38.6 Å². The minimum absolute atomic E-state index is 0.0353. The Morgan fingerprint density at radius 3 is 2.64 bits per heavy atom. The van der Waals surface area contributed by atoms with Crippen LogP contribution < -0.4 is 10.1 Å². The van der Waals surface area contributed by atoms with Gasteiger partial charge in [0.15, 0.2) is 10.4 Å². The number of carbonyl (C=O) groups excluding carboxylic acids is 2. The summed E-state index contributed by atoms with van der Waals surface area (Å²) in [7, 11) is 0. The SMILES string of the molecule is Cc1ccccc1OCCCC(=O)NC1CCN(C(=O)c2ccc(Br)o2)CC1. The first-order valence-electron chi connectivity index (χ1n) is 9.55. The summed E-state index contributed by atoms with van der Waals surface area (Å²) in [5.41, 5.74) is 1.09. The van der Waals surface area contributed by atoms with Crippen molar-refractivity contribution < 1.29 is 18.7 Å². The molecule has 6 nitrogen and oxygen atoms in total. The molecule has 1 aliphatic rings. The number of carbonyl (C=O) groups is 2. The van der Waals surface area contributed by atoms with Crippen molar-refractivity contribution in [3.63, 3.8) is 0 Å². The van der Waals surface area contributed by atoms with Gasteiger partial charge in [-0.05, 0) is 65.9 Å². The highest BCUT2D eigenvalue weighted by Gasteiger charge is 2.26. The van der Waals surface area contributed by atoms with Crippen LogP contribution in [0.25, 0.3) is 0 Å². The number of likely N-dealkylation sites (tertiary alicyclic amines) is 1. The van der Waals surface area contributed by atoms with E-state index in [9.17, 15) is 9.59 Å². The first-order chi connectivity index (χ1) is 13.5. The molecule has 1 aliphatic heterocycles. The zero-order valence-electron chi connectivity index (χ0n) is 15.9. The Morgan fingerprint density at radius 1 is 1.21 bits per heavy atom. The van der Waals surface area contributed by atoms with Gasteiger partial charge in [-0.15, -0.1) is 0 Å². The number of ether oxygens (including phenoxy) is 1. The van der Waals surface area contributed by atoms with E-state index in [2.05, 4.69) is 21.2 Å². The molecule has 1 fully saturated rings. The van der Waals surface area contributed by atoms with E-state index >= 15 is 0 Å². The van der Waals surface area contributed by atoms with E-state index in [0.717, 1.165) is 24.2 Å². The molecule has 0 unspecified atom stereocenters. The van der Waals surface area contributed by atoms with Crippen LogP contribution in [0.4, 0.5) is 0 Å². The first-order valence-corrected chi connectivity index (χ1v) is 10.3. The number of nitrogens with zero attached hydrogens (tertiary/aromatic N) is 1. The summed E-state index contributed by atoms with van der Waals surface area (Å²) >= 11 is 3.21. The van der Waals surface area contributed by atoms with Crippen LogP contribution in [-0.2, 0) is 4.79 Å². The van der Waals surface area contributed by atoms with Crippen LogP contribution in [0, 0.1) is 6.92 Å². The quantitative estimate of drug-likeness (QED) is 0.651. The fourth-order valence-electron chi connectivity index (χ4n) is 3.25. The first kappa shape index (κ1) is 20.5. The van der Waals surface area contributed by atoms with Gasteiger partial charge >= 0.3 is 0 Å². The number of furan rings is 1. The lowest BCUT2D eigenvalue weighted by molar-refractivity contribution is -0.122. The van der Waals surface area contributed by atoms with Crippen LogP contribution in [0.15, 0.2) is 45.5 Å². The van der Waals surface area contributed by atoms with E-state index < -0.39 is 0 Å². The maximum Gasteiger partial charge on any atom is 0.289 e. The number of hydrogen-bond donors (Lipinski definition) is 1. The lowest BCUT2D eigenvalue weighted by Crippen LogP contribution is -2.46. The molecule has 0 radical (unpaired) electrons. The molecule has 3 rings (SSSR count). The fourth-order valence-corrected chi connectivity index (χ4v) is 3.55. The largest absolute Gasteiger partial charge is 0.493 e. The topological polar surface area (TPSA) is 71.8 Å². The maximum absolute atomic E-state index is 12.4. The monoisotopic (exact) mass is 448 g/mol. The third-order valence-corrected chi connectivity index (χ3v) is 5.26. The highest BCUT2D eigenvalue weighted by atomic mass is 79.9. The number of hydrogen-bond acceptors (Lipinski definition) is 4. The van der Waals surface area contributed by atoms with Gasteiger partial charge in [-0.25, -0.2) is 0 Å². The maximum atomic E-state index is 12.4. The van der Waals surface area contributed by atoms with E-state index in [-0.39, 0.29) is 17.9 Å². The molecular weight excluding hydrogens is 424 g/mol. The summed E-state index contributed by atoms with van der Waals surface area (Å²) in [4.78, 5) is 26.3. The van der Waals surface area contributed by atoms with E-state index in [1.807, 2.05) is 31.2 Å². The molecular formula is C21H25BrN2O4. The second-order valence-electron chi connectivity index (χ2n) is 6.96. The molecule has 1 saturated heterocycles. The second kappa shape index (κ2) is 9.78. The molecule has 0 aliphatic carbocycles. The Bertz CT molecular complexity index is 812. The highest BCUT2D eigenvalue weighted by molar-refractivity contribution is 9.10. The van der Waals surface area contributed by atoms with Crippen molar-refractivity contribution >= 4 is 27.7 Å². The Labute approximate surface area is 173 Å². The Morgan fingerprint density at radius 2 is 1.96 bits per heavy atom. The van der Waals surface area contributed by atoms with Gasteiger partial charge in [-0.1, -0.05) is 18.2 Å². The number of para-hydroxylation sites is 1.